The number of anilines is 2. The summed E-state index contributed by atoms with van der Waals surface area (Å²) in [6, 6.07) is 22.0. The highest BCUT2D eigenvalue weighted by atomic mass is 16.5. The lowest BCUT2D eigenvalue weighted by Gasteiger charge is -2.15. The highest BCUT2D eigenvalue weighted by Crippen LogP contribution is 2.29. The molecule has 1 aliphatic heterocycles. The molecule has 0 spiro atoms. The van der Waals surface area contributed by atoms with Crippen LogP contribution in [0.2, 0.25) is 0 Å². The molecule has 0 bridgehead atoms. The van der Waals surface area contributed by atoms with Gasteiger partial charge in [-0.2, -0.15) is 5.10 Å². The molecular weight excluding hydrogens is 472 g/mol. The summed E-state index contributed by atoms with van der Waals surface area (Å²) in [5, 5.41) is 7.24. The Bertz CT molecular complexity index is 1520. The minimum Gasteiger partial charge on any atom is -0.452 e. The number of aryl methyl sites for hydroxylation is 1. The third-order valence-electron chi connectivity index (χ3n) is 6.02. The summed E-state index contributed by atoms with van der Waals surface area (Å²) in [7, 11) is 0. The van der Waals surface area contributed by atoms with Crippen LogP contribution >= 0.6 is 0 Å². The maximum absolute atomic E-state index is 12.8. The minimum absolute atomic E-state index is 0.103. The van der Waals surface area contributed by atoms with Gasteiger partial charge in [0.25, 0.3) is 17.7 Å². The fraction of sp³-hybridized carbons (Fsp3) is 0.107. The molecule has 3 amide bonds. The maximum Gasteiger partial charge on any atom is 0.338 e. The van der Waals surface area contributed by atoms with E-state index in [1.807, 2.05) is 37.3 Å². The average Bonchev–Trinajstić information content (AvgIpc) is 3.35. The van der Waals surface area contributed by atoms with Crippen molar-refractivity contribution in [1.29, 1.82) is 0 Å². The first-order valence-corrected chi connectivity index (χ1v) is 11.5. The van der Waals surface area contributed by atoms with E-state index < -0.39 is 30.3 Å². The van der Waals surface area contributed by atoms with Gasteiger partial charge in [-0.1, -0.05) is 36.4 Å². The number of nitrogens with one attached hydrogen (secondary N) is 1. The number of benzene rings is 3. The van der Waals surface area contributed by atoms with E-state index in [1.54, 1.807) is 48.0 Å². The standard InChI is InChI=1S/C28H22N4O5/c1-17-25(18(2)32(30-17)20-10-4-3-5-11-20)29-24(33)16-37-28(36)19-9-8-12-21(15-19)31-26(34)22-13-6-7-14-23(22)27(31)35/h3-15H,16H2,1-2H3,(H,29,33). The van der Waals surface area contributed by atoms with Gasteiger partial charge < -0.3 is 10.1 Å². The Kier molecular flexibility index (Phi) is 6.10. The van der Waals surface area contributed by atoms with E-state index in [9.17, 15) is 19.2 Å². The number of fused-ring (bicyclic) bond motifs is 1. The second-order valence-electron chi connectivity index (χ2n) is 8.46. The number of carbonyl (C=O) groups is 4. The van der Waals surface area contributed by atoms with Gasteiger partial charge in [0.1, 0.15) is 0 Å². The topological polar surface area (TPSA) is 111 Å². The van der Waals surface area contributed by atoms with Crippen molar-refractivity contribution >= 4 is 35.1 Å². The first-order chi connectivity index (χ1) is 17.8. The van der Waals surface area contributed by atoms with Crippen LogP contribution in [-0.4, -0.2) is 40.1 Å². The van der Waals surface area contributed by atoms with Crippen molar-refractivity contribution < 1.29 is 23.9 Å². The Hall–Kier alpha value is -5.05. The fourth-order valence-corrected chi connectivity index (χ4v) is 4.23. The third kappa shape index (κ3) is 4.38. The minimum atomic E-state index is -0.762. The molecule has 0 radical (unpaired) electrons. The first kappa shape index (κ1) is 23.7. The molecule has 0 fully saturated rings. The highest BCUT2D eigenvalue weighted by Gasteiger charge is 2.36. The molecule has 0 saturated carbocycles. The number of para-hydroxylation sites is 1. The monoisotopic (exact) mass is 494 g/mol. The fourth-order valence-electron chi connectivity index (χ4n) is 4.23. The Labute approximate surface area is 212 Å². The second-order valence-corrected chi connectivity index (χ2v) is 8.46. The molecule has 0 unspecified atom stereocenters. The van der Waals surface area contributed by atoms with Crippen LogP contribution in [-0.2, 0) is 9.53 Å². The molecule has 9 heteroatoms. The van der Waals surface area contributed by atoms with Crippen LogP contribution in [0, 0.1) is 13.8 Å². The van der Waals surface area contributed by atoms with Gasteiger partial charge >= 0.3 is 5.97 Å². The summed E-state index contributed by atoms with van der Waals surface area (Å²) in [4.78, 5) is 51.8. The number of aromatic nitrogens is 2. The van der Waals surface area contributed by atoms with Crippen LogP contribution in [0.15, 0.2) is 78.9 Å². The summed E-state index contributed by atoms with van der Waals surface area (Å²) in [5.74, 6) is -2.22. The number of amides is 3. The number of ether oxygens (including phenoxy) is 1. The lowest BCUT2D eigenvalue weighted by Crippen LogP contribution is -2.29. The van der Waals surface area contributed by atoms with E-state index in [0.29, 0.717) is 22.5 Å². The molecule has 5 rings (SSSR count). The molecule has 9 nitrogen and oxygen atoms in total. The van der Waals surface area contributed by atoms with E-state index in [2.05, 4.69) is 10.4 Å². The molecule has 1 N–H and O–H groups in total. The Morgan fingerprint density at radius 2 is 1.46 bits per heavy atom. The van der Waals surface area contributed by atoms with Crippen molar-refractivity contribution in [3.8, 4) is 5.69 Å². The van der Waals surface area contributed by atoms with E-state index in [1.165, 1.54) is 12.1 Å². The van der Waals surface area contributed by atoms with Crippen molar-refractivity contribution in [3.05, 3.63) is 107 Å². The summed E-state index contributed by atoms with van der Waals surface area (Å²) >= 11 is 0. The van der Waals surface area contributed by atoms with E-state index in [4.69, 9.17) is 4.74 Å². The Morgan fingerprint density at radius 3 is 2.14 bits per heavy atom. The van der Waals surface area contributed by atoms with Crippen LogP contribution in [0.1, 0.15) is 42.5 Å². The summed E-state index contributed by atoms with van der Waals surface area (Å²) in [5.41, 5.74) is 3.70. The number of hydrogen-bond donors (Lipinski definition) is 1. The van der Waals surface area contributed by atoms with Crippen molar-refractivity contribution in [2.45, 2.75) is 13.8 Å². The van der Waals surface area contributed by atoms with Gasteiger partial charge in [0.05, 0.1) is 45.1 Å². The van der Waals surface area contributed by atoms with Crippen LogP contribution in [0.5, 0.6) is 0 Å². The summed E-state index contributed by atoms with van der Waals surface area (Å²) < 4.78 is 6.92. The van der Waals surface area contributed by atoms with Gasteiger partial charge in [0.15, 0.2) is 6.61 Å². The molecular formula is C28H22N4O5. The number of imide groups is 1. The molecule has 0 aliphatic carbocycles. The van der Waals surface area contributed by atoms with Crippen molar-refractivity contribution in [1.82, 2.24) is 9.78 Å². The molecule has 1 aromatic heterocycles. The lowest BCUT2D eigenvalue weighted by atomic mass is 10.1. The molecule has 0 atom stereocenters. The third-order valence-corrected chi connectivity index (χ3v) is 6.02. The number of esters is 1. The summed E-state index contributed by atoms with van der Waals surface area (Å²) in [6.45, 7) is 3.09. The van der Waals surface area contributed by atoms with E-state index in [0.717, 1.165) is 16.3 Å². The quantitative estimate of drug-likeness (QED) is 0.319. The van der Waals surface area contributed by atoms with Gasteiger partial charge in [0, 0.05) is 0 Å². The van der Waals surface area contributed by atoms with Crippen molar-refractivity contribution in [2.75, 3.05) is 16.8 Å². The number of hydrogen-bond acceptors (Lipinski definition) is 6. The van der Waals surface area contributed by atoms with Crippen LogP contribution < -0.4 is 10.2 Å². The predicted molar refractivity (Wildman–Crippen MR) is 136 cm³/mol. The second kappa shape index (κ2) is 9.54. The van der Waals surface area contributed by atoms with Crippen molar-refractivity contribution in [2.24, 2.45) is 0 Å². The van der Waals surface area contributed by atoms with Crippen molar-refractivity contribution in [3.63, 3.8) is 0 Å². The largest absolute Gasteiger partial charge is 0.452 e. The zero-order chi connectivity index (χ0) is 26.1. The number of carbonyl (C=O) groups excluding carboxylic acids is 4. The van der Waals surface area contributed by atoms with Crippen LogP contribution in [0.4, 0.5) is 11.4 Å². The van der Waals surface area contributed by atoms with Crippen LogP contribution in [0.3, 0.4) is 0 Å². The summed E-state index contributed by atoms with van der Waals surface area (Å²) in [6.07, 6.45) is 0. The molecule has 37 heavy (non-hydrogen) atoms. The zero-order valence-corrected chi connectivity index (χ0v) is 20.1. The van der Waals surface area contributed by atoms with E-state index >= 15 is 0 Å². The Balaban J connectivity index is 1.25. The van der Waals surface area contributed by atoms with Gasteiger partial charge in [-0.05, 0) is 56.3 Å². The zero-order valence-electron chi connectivity index (χ0n) is 20.1. The average molecular weight is 495 g/mol. The molecule has 4 aromatic rings. The van der Waals surface area contributed by atoms with Gasteiger partial charge in [0.2, 0.25) is 0 Å². The predicted octanol–water partition coefficient (Wildman–Crippen LogP) is 4.09. The first-order valence-electron chi connectivity index (χ1n) is 11.5. The molecule has 184 valence electrons. The smallest absolute Gasteiger partial charge is 0.338 e. The molecule has 0 saturated heterocycles. The molecule has 1 aliphatic rings. The number of nitrogens with zero attached hydrogens (tertiary/aromatic N) is 3. The lowest BCUT2D eigenvalue weighted by molar-refractivity contribution is -0.119. The normalized spacial score (nSPS) is 12.4. The highest BCUT2D eigenvalue weighted by molar-refractivity contribution is 6.34. The molecule has 3 aromatic carbocycles. The SMILES string of the molecule is Cc1nn(-c2ccccc2)c(C)c1NC(=O)COC(=O)c1cccc(N2C(=O)c3ccccc3C2=O)c1. The van der Waals surface area contributed by atoms with Gasteiger partial charge in [-0.25, -0.2) is 14.4 Å². The van der Waals surface area contributed by atoms with Gasteiger partial charge in [-0.15, -0.1) is 0 Å². The molecule has 2 heterocycles. The number of rotatable bonds is 6. The van der Waals surface area contributed by atoms with Gasteiger partial charge in [-0.3, -0.25) is 14.4 Å². The Morgan fingerprint density at radius 1 is 0.838 bits per heavy atom. The van der Waals surface area contributed by atoms with Crippen LogP contribution in [0.25, 0.3) is 5.69 Å². The van der Waals surface area contributed by atoms with E-state index in [-0.39, 0.29) is 11.3 Å². The maximum atomic E-state index is 12.8.